The van der Waals surface area contributed by atoms with Gasteiger partial charge < -0.3 is 5.32 Å². The first-order valence-electron chi connectivity index (χ1n) is 5.88. The number of aromatic nitrogens is 2. The Labute approximate surface area is 113 Å². The second-order valence-electron chi connectivity index (χ2n) is 4.48. The SMILES string of the molecule is CNC(c1ccc(S(C)(=O)=O)cc1)c1ccn(C)n1. The van der Waals surface area contributed by atoms with Crippen molar-refractivity contribution in [3.63, 3.8) is 0 Å². The summed E-state index contributed by atoms with van der Waals surface area (Å²) < 4.78 is 24.6. The van der Waals surface area contributed by atoms with Crippen LogP contribution in [0.25, 0.3) is 0 Å². The predicted octanol–water partition coefficient (Wildman–Crippen LogP) is 1.13. The van der Waals surface area contributed by atoms with Crippen LogP contribution in [0.1, 0.15) is 17.3 Å². The van der Waals surface area contributed by atoms with Crippen LogP contribution < -0.4 is 5.32 Å². The van der Waals surface area contributed by atoms with Gasteiger partial charge in [0.25, 0.3) is 0 Å². The minimum absolute atomic E-state index is 0.0465. The first kappa shape index (κ1) is 13.8. The van der Waals surface area contributed by atoms with Crippen LogP contribution >= 0.6 is 0 Å². The molecule has 0 aliphatic heterocycles. The molecule has 0 bridgehead atoms. The van der Waals surface area contributed by atoms with E-state index in [-0.39, 0.29) is 6.04 Å². The highest BCUT2D eigenvalue weighted by Gasteiger charge is 2.15. The fraction of sp³-hybridized carbons (Fsp3) is 0.308. The van der Waals surface area contributed by atoms with Gasteiger partial charge in [-0.1, -0.05) is 12.1 Å². The highest BCUT2D eigenvalue weighted by atomic mass is 32.2. The number of nitrogens with one attached hydrogen (secondary N) is 1. The van der Waals surface area contributed by atoms with Crippen molar-refractivity contribution in [2.45, 2.75) is 10.9 Å². The largest absolute Gasteiger partial charge is 0.308 e. The maximum atomic E-state index is 11.4. The third kappa shape index (κ3) is 3.02. The summed E-state index contributed by atoms with van der Waals surface area (Å²) in [5.74, 6) is 0. The van der Waals surface area contributed by atoms with Crippen molar-refractivity contribution in [2.75, 3.05) is 13.3 Å². The van der Waals surface area contributed by atoms with E-state index in [1.165, 1.54) is 6.26 Å². The van der Waals surface area contributed by atoms with Crippen molar-refractivity contribution in [3.05, 3.63) is 47.8 Å². The van der Waals surface area contributed by atoms with Crippen LogP contribution in [0, 0.1) is 0 Å². The van der Waals surface area contributed by atoms with E-state index in [1.807, 2.05) is 38.5 Å². The van der Waals surface area contributed by atoms with E-state index < -0.39 is 9.84 Å². The van der Waals surface area contributed by atoms with E-state index >= 15 is 0 Å². The number of nitrogens with zero attached hydrogens (tertiary/aromatic N) is 2. The van der Waals surface area contributed by atoms with E-state index in [4.69, 9.17) is 0 Å². The van der Waals surface area contributed by atoms with E-state index in [0.29, 0.717) is 4.90 Å². The topological polar surface area (TPSA) is 64.0 Å². The molecule has 1 aromatic carbocycles. The zero-order chi connectivity index (χ0) is 14.0. The molecule has 19 heavy (non-hydrogen) atoms. The monoisotopic (exact) mass is 279 g/mol. The zero-order valence-electron chi connectivity index (χ0n) is 11.2. The summed E-state index contributed by atoms with van der Waals surface area (Å²) in [4.78, 5) is 0.326. The lowest BCUT2D eigenvalue weighted by molar-refractivity contribution is 0.601. The molecular weight excluding hydrogens is 262 g/mol. The molecule has 0 radical (unpaired) electrons. The molecule has 102 valence electrons. The summed E-state index contributed by atoms with van der Waals surface area (Å²) in [5.41, 5.74) is 1.88. The standard InChI is InChI=1S/C13H17N3O2S/c1-14-13(12-8-9-16(2)15-12)10-4-6-11(7-5-10)19(3,17)18/h4-9,13-14H,1-3H3. The Hall–Kier alpha value is -1.66. The van der Waals surface area contributed by atoms with Crippen molar-refractivity contribution in [2.24, 2.45) is 7.05 Å². The Kier molecular flexibility index (Phi) is 3.73. The molecule has 1 atom stereocenters. The summed E-state index contributed by atoms with van der Waals surface area (Å²) in [7, 11) is 0.562. The van der Waals surface area contributed by atoms with Gasteiger partial charge in [0.15, 0.2) is 9.84 Å². The maximum absolute atomic E-state index is 11.4. The second-order valence-corrected chi connectivity index (χ2v) is 6.49. The van der Waals surface area contributed by atoms with Crippen molar-refractivity contribution in [1.82, 2.24) is 15.1 Å². The zero-order valence-corrected chi connectivity index (χ0v) is 12.0. The van der Waals surface area contributed by atoms with Crippen LogP contribution in [-0.4, -0.2) is 31.5 Å². The summed E-state index contributed by atoms with van der Waals surface area (Å²) in [6.45, 7) is 0. The molecule has 6 heteroatoms. The first-order chi connectivity index (χ1) is 8.91. The summed E-state index contributed by atoms with van der Waals surface area (Å²) in [5, 5.41) is 7.55. The molecule has 2 aromatic rings. The van der Waals surface area contributed by atoms with Gasteiger partial charge in [-0.2, -0.15) is 5.10 Å². The van der Waals surface area contributed by atoms with Gasteiger partial charge in [0, 0.05) is 19.5 Å². The van der Waals surface area contributed by atoms with Gasteiger partial charge in [-0.25, -0.2) is 8.42 Å². The third-order valence-electron chi connectivity index (χ3n) is 2.96. The van der Waals surface area contributed by atoms with Crippen LogP contribution in [0.15, 0.2) is 41.4 Å². The summed E-state index contributed by atoms with van der Waals surface area (Å²) >= 11 is 0. The average Bonchev–Trinajstić information content (AvgIpc) is 2.76. The van der Waals surface area contributed by atoms with Crippen molar-refractivity contribution in [3.8, 4) is 0 Å². The molecule has 0 fully saturated rings. The number of hydrogen-bond acceptors (Lipinski definition) is 4. The second kappa shape index (κ2) is 5.14. The van der Waals surface area contributed by atoms with Crippen LogP contribution in [0.2, 0.25) is 0 Å². The molecule has 2 rings (SSSR count). The van der Waals surface area contributed by atoms with E-state index in [1.54, 1.807) is 16.8 Å². The molecule has 1 heterocycles. The molecule has 0 aliphatic carbocycles. The highest BCUT2D eigenvalue weighted by molar-refractivity contribution is 7.90. The molecule has 0 saturated carbocycles. The van der Waals surface area contributed by atoms with E-state index in [9.17, 15) is 8.42 Å². The fourth-order valence-corrected chi connectivity index (χ4v) is 2.61. The number of benzene rings is 1. The quantitative estimate of drug-likeness (QED) is 0.911. The number of aryl methyl sites for hydroxylation is 1. The maximum Gasteiger partial charge on any atom is 0.175 e. The summed E-state index contributed by atoms with van der Waals surface area (Å²) in [6.07, 6.45) is 3.08. The molecular formula is C13H17N3O2S. The lowest BCUT2D eigenvalue weighted by atomic mass is 10.0. The molecule has 0 aliphatic rings. The van der Waals surface area contributed by atoms with Crippen LogP contribution in [0.4, 0.5) is 0 Å². The van der Waals surface area contributed by atoms with Crippen LogP contribution in [-0.2, 0) is 16.9 Å². The number of rotatable bonds is 4. The lowest BCUT2D eigenvalue weighted by Gasteiger charge is -2.14. The minimum Gasteiger partial charge on any atom is -0.308 e. The van der Waals surface area contributed by atoms with Crippen molar-refractivity contribution < 1.29 is 8.42 Å². The normalized spacial score (nSPS) is 13.4. The third-order valence-corrected chi connectivity index (χ3v) is 4.09. The number of sulfone groups is 1. The van der Waals surface area contributed by atoms with Gasteiger partial charge in [-0.15, -0.1) is 0 Å². The van der Waals surface area contributed by atoms with Gasteiger partial charge in [0.05, 0.1) is 16.6 Å². The Morgan fingerprint density at radius 3 is 2.26 bits per heavy atom. The van der Waals surface area contributed by atoms with Crippen LogP contribution in [0.5, 0.6) is 0 Å². The lowest BCUT2D eigenvalue weighted by Crippen LogP contribution is -2.18. The smallest absolute Gasteiger partial charge is 0.175 e. The van der Waals surface area contributed by atoms with Gasteiger partial charge in [-0.05, 0) is 30.8 Å². The highest BCUT2D eigenvalue weighted by Crippen LogP contribution is 2.21. The van der Waals surface area contributed by atoms with Crippen molar-refractivity contribution >= 4 is 9.84 Å². The number of hydrogen-bond donors (Lipinski definition) is 1. The minimum atomic E-state index is -3.15. The molecule has 0 spiro atoms. The van der Waals surface area contributed by atoms with Gasteiger partial charge in [0.2, 0.25) is 0 Å². The molecule has 5 nitrogen and oxygen atoms in total. The van der Waals surface area contributed by atoms with Gasteiger partial charge in [0.1, 0.15) is 0 Å². The predicted molar refractivity (Wildman–Crippen MR) is 73.7 cm³/mol. The molecule has 1 unspecified atom stereocenters. The molecule has 0 amide bonds. The Bertz CT molecular complexity index is 659. The van der Waals surface area contributed by atoms with Crippen molar-refractivity contribution in [1.29, 1.82) is 0 Å². The van der Waals surface area contributed by atoms with E-state index in [2.05, 4.69) is 10.4 Å². The van der Waals surface area contributed by atoms with E-state index in [0.717, 1.165) is 11.3 Å². The van der Waals surface area contributed by atoms with Gasteiger partial charge in [-0.3, -0.25) is 4.68 Å². The first-order valence-corrected chi connectivity index (χ1v) is 7.78. The Morgan fingerprint density at radius 2 is 1.84 bits per heavy atom. The molecule has 1 N–H and O–H groups in total. The fourth-order valence-electron chi connectivity index (χ4n) is 1.98. The average molecular weight is 279 g/mol. The molecule has 0 saturated heterocycles. The molecule has 1 aromatic heterocycles. The Balaban J connectivity index is 2.35. The van der Waals surface area contributed by atoms with Crippen LogP contribution in [0.3, 0.4) is 0 Å². The van der Waals surface area contributed by atoms with Gasteiger partial charge >= 0.3 is 0 Å². The Morgan fingerprint density at radius 1 is 1.21 bits per heavy atom. The summed E-state index contributed by atoms with van der Waals surface area (Å²) in [6, 6.07) is 8.76.